The molecule has 0 spiro atoms. The number of nitrogens with one attached hydrogen (secondary N) is 1. The van der Waals surface area contributed by atoms with E-state index in [0.29, 0.717) is 11.2 Å². The van der Waals surface area contributed by atoms with E-state index >= 15 is 0 Å². The Balaban J connectivity index is 2.11. The summed E-state index contributed by atoms with van der Waals surface area (Å²) in [5.74, 6) is 2.32. The molecule has 0 amide bonds. The highest BCUT2D eigenvalue weighted by atomic mass is 35.5. The number of rotatable bonds is 3. The van der Waals surface area contributed by atoms with Crippen molar-refractivity contribution in [3.8, 4) is 0 Å². The van der Waals surface area contributed by atoms with Crippen LogP contribution in [0.25, 0.3) is 0 Å². The zero-order chi connectivity index (χ0) is 12.4. The Bertz CT molecular complexity index is 346. The van der Waals surface area contributed by atoms with Gasteiger partial charge in [-0.25, -0.2) is 4.99 Å². The predicted octanol–water partition coefficient (Wildman–Crippen LogP) is 1.47. The van der Waals surface area contributed by atoms with Gasteiger partial charge in [0.05, 0.1) is 23.9 Å². The molecule has 2 unspecified atom stereocenters. The maximum absolute atomic E-state index is 9.35. The van der Waals surface area contributed by atoms with Gasteiger partial charge in [0.15, 0.2) is 0 Å². The molecule has 2 rings (SSSR count). The van der Waals surface area contributed by atoms with Gasteiger partial charge < -0.3 is 10.4 Å². The van der Waals surface area contributed by atoms with E-state index in [0.717, 1.165) is 18.0 Å². The Morgan fingerprint density at radius 3 is 3.00 bits per heavy atom. The molecule has 0 aromatic carbocycles. The number of aliphatic hydroxyl groups is 1. The summed E-state index contributed by atoms with van der Waals surface area (Å²) in [6.07, 6.45) is 1.05. The van der Waals surface area contributed by atoms with Gasteiger partial charge in [-0.2, -0.15) is 0 Å². The third kappa shape index (κ3) is 2.95. The lowest BCUT2D eigenvalue weighted by atomic mass is 10.0. The second-order valence-corrected chi connectivity index (χ2v) is 6.31. The molecule has 0 radical (unpaired) electrons. The van der Waals surface area contributed by atoms with Crippen LogP contribution in [0.3, 0.4) is 0 Å². The highest BCUT2D eigenvalue weighted by Crippen LogP contribution is 2.32. The summed E-state index contributed by atoms with van der Waals surface area (Å²) in [6, 6.07) is 0.275. The first kappa shape index (κ1) is 13.2. The Kier molecular flexibility index (Phi) is 4.33. The summed E-state index contributed by atoms with van der Waals surface area (Å²) in [5, 5.41) is 13.3. The van der Waals surface area contributed by atoms with Crippen LogP contribution in [-0.4, -0.2) is 45.9 Å². The minimum absolute atomic E-state index is 0.0261. The van der Waals surface area contributed by atoms with Gasteiger partial charge in [0, 0.05) is 0 Å². The van der Waals surface area contributed by atoms with Crippen LogP contribution in [0.2, 0.25) is 0 Å². The number of halogens is 1. The minimum Gasteiger partial charge on any atom is -0.394 e. The van der Waals surface area contributed by atoms with Gasteiger partial charge in [-0.05, 0) is 29.7 Å². The van der Waals surface area contributed by atoms with Crippen molar-refractivity contribution >= 4 is 34.5 Å². The lowest BCUT2D eigenvalue weighted by Crippen LogP contribution is -2.48. The number of amidine groups is 2. The van der Waals surface area contributed by atoms with Crippen molar-refractivity contribution in [2.45, 2.75) is 37.6 Å². The fraction of sp³-hybridized carbons (Fsp3) is 0.818. The van der Waals surface area contributed by atoms with Crippen molar-refractivity contribution in [1.29, 1.82) is 0 Å². The van der Waals surface area contributed by atoms with Gasteiger partial charge in [-0.15, -0.1) is 11.8 Å². The first-order chi connectivity index (χ1) is 8.11. The lowest BCUT2D eigenvalue weighted by Gasteiger charge is -2.28. The number of hydrogen-bond donors (Lipinski definition) is 2. The van der Waals surface area contributed by atoms with Crippen LogP contribution in [0.5, 0.6) is 0 Å². The molecule has 2 heterocycles. The van der Waals surface area contributed by atoms with Crippen molar-refractivity contribution < 1.29 is 5.11 Å². The molecule has 0 aliphatic carbocycles. The van der Waals surface area contributed by atoms with Crippen LogP contribution in [0.15, 0.2) is 9.98 Å². The van der Waals surface area contributed by atoms with E-state index in [1.165, 1.54) is 0 Å². The molecule has 4 nitrogen and oxygen atoms in total. The molecule has 0 saturated carbocycles. The number of thioether (sulfide) groups is 1. The van der Waals surface area contributed by atoms with E-state index in [1.807, 2.05) is 11.8 Å². The summed E-state index contributed by atoms with van der Waals surface area (Å²) in [7, 11) is 0. The number of fused-ring (bicyclic) bond motifs is 1. The SMILES string of the molecule is CC(C)[C@H](CO)NC1=NC(Cl)=NC2CCSC12. The second-order valence-electron chi connectivity index (χ2n) is 4.72. The van der Waals surface area contributed by atoms with Crippen LogP contribution in [0, 0.1) is 5.92 Å². The zero-order valence-corrected chi connectivity index (χ0v) is 11.6. The molecule has 3 atom stereocenters. The highest BCUT2D eigenvalue weighted by molar-refractivity contribution is 8.01. The van der Waals surface area contributed by atoms with Crippen LogP contribution in [-0.2, 0) is 0 Å². The van der Waals surface area contributed by atoms with Crippen LogP contribution < -0.4 is 5.32 Å². The molecule has 1 fully saturated rings. The molecule has 0 bridgehead atoms. The Morgan fingerprint density at radius 2 is 2.35 bits per heavy atom. The molecule has 17 heavy (non-hydrogen) atoms. The van der Waals surface area contributed by atoms with Gasteiger partial charge >= 0.3 is 0 Å². The van der Waals surface area contributed by atoms with Gasteiger partial charge in [0.25, 0.3) is 0 Å². The molecule has 96 valence electrons. The molecule has 0 aromatic rings. The normalized spacial score (nSPS) is 29.7. The number of nitrogens with zero attached hydrogens (tertiary/aromatic N) is 2. The van der Waals surface area contributed by atoms with Crippen molar-refractivity contribution in [2.24, 2.45) is 15.9 Å². The van der Waals surface area contributed by atoms with Crippen molar-refractivity contribution in [1.82, 2.24) is 5.32 Å². The van der Waals surface area contributed by atoms with E-state index in [-0.39, 0.29) is 23.9 Å². The fourth-order valence-corrected chi connectivity index (χ4v) is 3.57. The van der Waals surface area contributed by atoms with Crippen LogP contribution >= 0.6 is 23.4 Å². The maximum Gasteiger partial charge on any atom is 0.219 e. The molecular weight excluding hydrogens is 258 g/mol. The van der Waals surface area contributed by atoms with E-state index in [4.69, 9.17) is 11.6 Å². The minimum atomic E-state index is 0.0261. The fourth-order valence-electron chi connectivity index (χ4n) is 2.03. The number of aliphatic imine (C=N–C) groups is 2. The summed E-state index contributed by atoms with van der Waals surface area (Å²) in [6.45, 7) is 4.26. The summed E-state index contributed by atoms with van der Waals surface area (Å²) < 4.78 is 0. The number of aliphatic hydroxyl groups excluding tert-OH is 1. The third-order valence-corrected chi connectivity index (χ3v) is 4.70. The molecule has 1 saturated heterocycles. The second kappa shape index (κ2) is 5.59. The van der Waals surface area contributed by atoms with Crippen molar-refractivity contribution in [3.63, 3.8) is 0 Å². The Hall–Kier alpha value is -0.260. The molecule has 2 N–H and O–H groups in total. The van der Waals surface area contributed by atoms with E-state index in [9.17, 15) is 5.11 Å². The summed E-state index contributed by atoms with van der Waals surface area (Å²) in [5.41, 5.74) is 0. The Morgan fingerprint density at radius 1 is 1.59 bits per heavy atom. The standard InChI is InChI=1S/C11H18ClN3OS/c1-6(2)8(5-16)13-10-9-7(3-4-17-9)14-11(12)15-10/h6-9,16H,3-5H2,1-2H3,(H,13,14,15)/t7?,8-,9?/m0/s1. The van der Waals surface area contributed by atoms with Gasteiger partial charge in [0.1, 0.15) is 5.84 Å². The molecule has 0 aromatic heterocycles. The topological polar surface area (TPSA) is 57.0 Å². The average Bonchev–Trinajstić information content (AvgIpc) is 2.72. The molecule has 2 aliphatic heterocycles. The van der Waals surface area contributed by atoms with Crippen molar-refractivity contribution in [2.75, 3.05) is 12.4 Å². The zero-order valence-electron chi connectivity index (χ0n) is 10.1. The lowest BCUT2D eigenvalue weighted by molar-refractivity contribution is 0.225. The monoisotopic (exact) mass is 275 g/mol. The first-order valence-electron chi connectivity index (χ1n) is 5.92. The predicted molar refractivity (Wildman–Crippen MR) is 74.2 cm³/mol. The molecule has 6 heteroatoms. The molecule has 2 aliphatic rings. The Labute approximate surface area is 111 Å². The largest absolute Gasteiger partial charge is 0.394 e. The number of hydrogen-bond acceptors (Lipinski definition) is 5. The van der Waals surface area contributed by atoms with Crippen molar-refractivity contribution in [3.05, 3.63) is 0 Å². The smallest absolute Gasteiger partial charge is 0.219 e. The maximum atomic E-state index is 9.35. The third-order valence-electron chi connectivity index (χ3n) is 3.15. The highest BCUT2D eigenvalue weighted by Gasteiger charge is 2.36. The van der Waals surface area contributed by atoms with E-state index in [1.54, 1.807) is 0 Å². The van der Waals surface area contributed by atoms with Gasteiger partial charge in [0.2, 0.25) is 5.29 Å². The van der Waals surface area contributed by atoms with Gasteiger partial charge in [-0.1, -0.05) is 13.8 Å². The average molecular weight is 276 g/mol. The van der Waals surface area contributed by atoms with E-state index < -0.39 is 0 Å². The van der Waals surface area contributed by atoms with Crippen LogP contribution in [0.4, 0.5) is 0 Å². The van der Waals surface area contributed by atoms with Crippen LogP contribution in [0.1, 0.15) is 20.3 Å². The first-order valence-corrected chi connectivity index (χ1v) is 7.35. The summed E-state index contributed by atoms with van der Waals surface area (Å²) in [4.78, 5) is 8.63. The summed E-state index contributed by atoms with van der Waals surface area (Å²) >= 11 is 7.79. The quantitative estimate of drug-likeness (QED) is 0.767. The van der Waals surface area contributed by atoms with E-state index in [2.05, 4.69) is 29.1 Å². The van der Waals surface area contributed by atoms with Gasteiger partial charge in [-0.3, -0.25) is 4.99 Å². The molecular formula is C11H18ClN3OS.